The predicted octanol–water partition coefficient (Wildman–Crippen LogP) is 2.10. The van der Waals surface area contributed by atoms with Crippen LogP contribution >= 0.6 is 31.9 Å². The molecule has 100 valence electrons. The van der Waals surface area contributed by atoms with Crippen molar-refractivity contribution < 1.29 is 8.42 Å². The molecule has 0 radical (unpaired) electrons. The molecule has 1 unspecified atom stereocenters. The first-order chi connectivity index (χ1) is 8.49. The maximum atomic E-state index is 12.2. The number of hydrogen-bond donors (Lipinski definition) is 2. The van der Waals surface area contributed by atoms with Gasteiger partial charge in [0.15, 0.2) is 0 Å². The van der Waals surface area contributed by atoms with Crippen molar-refractivity contribution in [3.05, 3.63) is 27.1 Å². The zero-order valence-electron chi connectivity index (χ0n) is 9.62. The Morgan fingerprint density at radius 3 is 2.83 bits per heavy atom. The SMILES string of the molecule is O=S(=O)(NCC1CCNC1)c1cc(Br)ccc1Br. The van der Waals surface area contributed by atoms with E-state index in [1.54, 1.807) is 18.2 Å². The van der Waals surface area contributed by atoms with Crippen LogP contribution in [-0.4, -0.2) is 28.1 Å². The molecule has 1 aliphatic heterocycles. The van der Waals surface area contributed by atoms with Gasteiger partial charge in [0.2, 0.25) is 10.0 Å². The summed E-state index contributed by atoms with van der Waals surface area (Å²) in [5, 5.41) is 3.22. The standard InChI is InChI=1S/C11H14Br2N2O2S/c12-9-1-2-10(13)11(5-9)18(16,17)15-7-8-3-4-14-6-8/h1-2,5,8,14-15H,3-4,6-7H2. The van der Waals surface area contributed by atoms with E-state index in [2.05, 4.69) is 41.9 Å². The summed E-state index contributed by atoms with van der Waals surface area (Å²) in [7, 11) is -3.46. The molecule has 0 saturated carbocycles. The van der Waals surface area contributed by atoms with Crippen LogP contribution in [0.4, 0.5) is 0 Å². The number of sulfonamides is 1. The number of benzene rings is 1. The highest BCUT2D eigenvalue weighted by molar-refractivity contribution is 9.11. The van der Waals surface area contributed by atoms with Crippen LogP contribution in [0.1, 0.15) is 6.42 Å². The van der Waals surface area contributed by atoms with Crippen molar-refractivity contribution in [3.8, 4) is 0 Å². The highest BCUT2D eigenvalue weighted by Crippen LogP contribution is 2.25. The van der Waals surface area contributed by atoms with Gasteiger partial charge < -0.3 is 5.32 Å². The van der Waals surface area contributed by atoms with Gasteiger partial charge in [0.1, 0.15) is 0 Å². The van der Waals surface area contributed by atoms with E-state index in [4.69, 9.17) is 0 Å². The lowest BCUT2D eigenvalue weighted by molar-refractivity contribution is 0.538. The van der Waals surface area contributed by atoms with Crippen LogP contribution in [0.2, 0.25) is 0 Å². The van der Waals surface area contributed by atoms with E-state index in [1.807, 2.05) is 0 Å². The van der Waals surface area contributed by atoms with E-state index in [0.717, 1.165) is 24.0 Å². The molecule has 18 heavy (non-hydrogen) atoms. The minimum Gasteiger partial charge on any atom is -0.316 e. The molecule has 0 spiro atoms. The largest absolute Gasteiger partial charge is 0.316 e. The lowest BCUT2D eigenvalue weighted by Crippen LogP contribution is -2.30. The molecule has 1 aliphatic rings. The number of nitrogens with one attached hydrogen (secondary N) is 2. The molecule has 1 atom stereocenters. The Kier molecular flexibility index (Phi) is 4.82. The van der Waals surface area contributed by atoms with Gasteiger partial charge in [-0.05, 0) is 59.6 Å². The molecule has 0 bridgehead atoms. The van der Waals surface area contributed by atoms with E-state index >= 15 is 0 Å². The lowest BCUT2D eigenvalue weighted by Gasteiger charge is -2.12. The Hall–Kier alpha value is 0.0500. The first-order valence-electron chi connectivity index (χ1n) is 5.64. The average Bonchev–Trinajstić information content (AvgIpc) is 2.83. The first kappa shape index (κ1) is 14.5. The second-order valence-electron chi connectivity index (χ2n) is 4.29. The predicted molar refractivity (Wildman–Crippen MR) is 78.0 cm³/mol. The minimum atomic E-state index is -3.46. The van der Waals surface area contributed by atoms with Crippen molar-refractivity contribution in [2.45, 2.75) is 11.3 Å². The minimum absolute atomic E-state index is 0.267. The van der Waals surface area contributed by atoms with Crippen LogP contribution < -0.4 is 10.0 Å². The fourth-order valence-electron chi connectivity index (χ4n) is 1.88. The van der Waals surface area contributed by atoms with E-state index in [-0.39, 0.29) is 4.90 Å². The molecule has 1 saturated heterocycles. The van der Waals surface area contributed by atoms with Crippen molar-refractivity contribution in [1.82, 2.24) is 10.0 Å². The molecule has 4 nitrogen and oxygen atoms in total. The van der Waals surface area contributed by atoms with E-state index in [9.17, 15) is 8.42 Å². The second kappa shape index (κ2) is 6.00. The Bertz CT molecular complexity index is 528. The van der Waals surface area contributed by atoms with Gasteiger partial charge >= 0.3 is 0 Å². The summed E-state index contributed by atoms with van der Waals surface area (Å²) < 4.78 is 28.3. The molecule has 0 amide bonds. The van der Waals surface area contributed by atoms with Gasteiger partial charge in [0, 0.05) is 15.5 Å². The van der Waals surface area contributed by atoms with Gasteiger partial charge in [0.05, 0.1) is 4.90 Å². The van der Waals surface area contributed by atoms with Gasteiger partial charge in [-0.1, -0.05) is 15.9 Å². The monoisotopic (exact) mass is 396 g/mol. The van der Waals surface area contributed by atoms with Crippen LogP contribution in [0.25, 0.3) is 0 Å². The van der Waals surface area contributed by atoms with Crippen LogP contribution in [0.15, 0.2) is 32.0 Å². The quantitative estimate of drug-likeness (QED) is 0.817. The average molecular weight is 398 g/mol. The normalized spacial score (nSPS) is 20.2. The van der Waals surface area contributed by atoms with E-state index in [0.29, 0.717) is 16.9 Å². The van der Waals surface area contributed by atoms with Crippen molar-refractivity contribution in [2.24, 2.45) is 5.92 Å². The zero-order valence-corrected chi connectivity index (χ0v) is 13.6. The third-order valence-corrected chi connectivity index (χ3v) is 5.82. The van der Waals surface area contributed by atoms with Gasteiger partial charge in [0.25, 0.3) is 0 Å². The summed E-state index contributed by atoms with van der Waals surface area (Å²) in [4.78, 5) is 0.267. The summed E-state index contributed by atoms with van der Waals surface area (Å²) in [5.74, 6) is 0.380. The molecule has 0 aromatic heterocycles. The topological polar surface area (TPSA) is 58.2 Å². The lowest BCUT2D eigenvalue weighted by atomic mass is 10.1. The van der Waals surface area contributed by atoms with Gasteiger partial charge in [-0.3, -0.25) is 0 Å². The highest BCUT2D eigenvalue weighted by Gasteiger charge is 2.21. The Morgan fingerprint density at radius 2 is 2.17 bits per heavy atom. The number of rotatable bonds is 4. The molecular formula is C11H14Br2N2O2S. The van der Waals surface area contributed by atoms with Crippen LogP contribution in [0.3, 0.4) is 0 Å². The van der Waals surface area contributed by atoms with Crippen molar-refractivity contribution >= 4 is 41.9 Å². The van der Waals surface area contributed by atoms with Gasteiger partial charge in [-0.2, -0.15) is 0 Å². The summed E-state index contributed by atoms with van der Waals surface area (Å²) in [6.07, 6.45) is 1.02. The highest BCUT2D eigenvalue weighted by atomic mass is 79.9. The molecule has 1 heterocycles. The summed E-state index contributed by atoms with van der Waals surface area (Å²) >= 11 is 6.55. The van der Waals surface area contributed by atoms with E-state index < -0.39 is 10.0 Å². The zero-order chi connectivity index (χ0) is 13.2. The molecular weight excluding hydrogens is 384 g/mol. The molecule has 2 rings (SSSR count). The van der Waals surface area contributed by atoms with Crippen LogP contribution in [0, 0.1) is 5.92 Å². The Balaban J connectivity index is 2.12. The first-order valence-corrected chi connectivity index (χ1v) is 8.71. The maximum Gasteiger partial charge on any atom is 0.241 e. The fraction of sp³-hybridized carbons (Fsp3) is 0.455. The Labute approximate surface area is 124 Å². The number of halogens is 2. The smallest absolute Gasteiger partial charge is 0.241 e. The molecule has 7 heteroatoms. The molecule has 1 aromatic carbocycles. The van der Waals surface area contributed by atoms with Crippen molar-refractivity contribution in [3.63, 3.8) is 0 Å². The second-order valence-corrected chi connectivity index (χ2v) is 7.79. The molecule has 2 N–H and O–H groups in total. The van der Waals surface area contributed by atoms with Gasteiger partial charge in [-0.15, -0.1) is 0 Å². The van der Waals surface area contributed by atoms with Crippen LogP contribution in [0.5, 0.6) is 0 Å². The maximum absolute atomic E-state index is 12.2. The molecule has 1 aromatic rings. The summed E-state index contributed by atoms with van der Waals surface area (Å²) in [6, 6.07) is 5.11. The van der Waals surface area contributed by atoms with Crippen LogP contribution in [-0.2, 0) is 10.0 Å². The number of hydrogen-bond acceptors (Lipinski definition) is 3. The molecule has 0 aliphatic carbocycles. The third kappa shape index (κ3) is 3.54. The van der Waals surface area contributed by atoms with Crippen molar-refractivity contribution in [2.75, 3.05) is 19.6 Å². The van der Waals surface area contributed by atoms with Crippen molar-refractivity contribution in [1.29, 1.82) is 0 Å². The summed E-state index contributed by atoms with van der Waals surface area (Å²) in [6.45, 7) is 2.32. The van der Waals surface area contributed by atoms with Gasteiger partial charge in [-0.25, -0.2) is 13.1 Å². The van der Waals surface area contributed by atoms with E-state index in [1.165, 1.54) is 0 Å². The summed E-state index contributed by atoms with van der Waals surface area (Å²) in [5.41, 5.74) is 0. The molecule has 1 fully saturated rings. The fourth-order valence-corrected chi connectivity index (χ4v) is 4.49. The Morgan fingerprint density at radius 1 is 1.39 bits per heavy atom. The third-order valence-electron chi connectivity index (χ3n) is 2.91.